The van der Waals surface area contributed by atoms with E-state index in [0.717, 1.165) is 10.9 Å². The molecule has 3 aromatic heterocycles. The van der Waals surface area contributed by atoms with Crippen LogP contribution in [0.1, 0.15) is 25.3 Å². The summed E-state index contributed by atoms with van der Waals surface area (Å²) in [6.45, 7) is -4.74. The Bertz CT molecular complexity index is 1500. The number of nitrogens with one attached hydrogen (secondary N) is 1. The van der Waals surface area contributed by atoms with Gasteiger partial charge in [-0.2, -0.15) is 9.97 Å². The summed E-state index contributed by atoms with van der Waals surface area (Å²) >= 11 is 5.13. The Morgan fingerprint density at radius 2 is 1.84 bits per heavy atom. The van der Waals surface area contributed by atoms with Gasteiger partial charge in [-0.25, -0.2) is 14.8 Å². The van der Waals surface area contributed by atoms with E-state index in [0.29, 0.717) is 0 Å². The van der Waals surface area contributed by atoms with Crippen molar-refractivity contribution in [3.8, 4) is 0 Å². The number of aromatic amines is 1. The van der Waals surface area contributed by atoms with E-state index in [4.69, 9.17) is 41.8 Å². The van der Waals surface area contributed by atoms with Crippen LogP contribution in [-0.4, -0.2) is 86.8 Å². The minimum Gasteiger partial charge on any atom is -0.394 e. The van der Waals surface area contributed by atoms with Crippen molar-refractivity contribution < 1.29 is 33.6 Å². The third-order valence-electron chi connectivity index (χ3n) is 6.05. The number of aliphatic hydroxyl groups excluding tert-OH is 2. The number of H-pyrrole nitrogens is 1. The Morgan fingerprint density at radius 1 is 1.13 bits per heavy atom. The summed E-state index contributed by atoms with van der Waals surface area (Å²) in [6.07, 6.45) is -2.84. The van der Waals surface area contributed by atoms with Gasteiger partial charge in [-0.15, -0.1) is 0 Å². The number of rotatable bonds is 8. The number of nitrogens with two attached hydrogens (primary N) is 2. The molecule has 38 heavy (non-hydrogen) atoms. The van der Waals surface area contributed by atoms with Gasteiger partial charge in [0.25, 0.3) is 5.56 Å². The van der Waals surface area contributed by atoms with Crippen molar-refractivity contribution in [2.45, 2.75) is 49.7 Å². The van der Waals surface area contributed by atoms with E-state index >= 15 is 0 Å². The van der Waals surface area contributed by atoms with Gasteiger partial charge in [0.15, 0.2) is 11.2 Å². The normalized spacial score (nSPS) is 29.1. The second kappa shape index (κ2) is 10.4. The van der Waals surface area contributed by atoms with Crippen LogP contribution in [-0.2, 0) is 30.3 Å². The molecule has 2 aliphatic rings. The summed E-state index contributed by atoms with van der Waals surface area (Å²) in [5.41, 5.74) is 10.0. The van der Waals surface area contributed by atoms with Gasteiger partial charge in [0.1, 0.15) is 31.0 Å². The molecule has 8 N–H and O–H groups in total. The largest absolute Gasteiger partial charge is 0.394 e. The highest BCUT2D eigenvalue weighted by molar-refractivity contribution is 8.07. The molecule has 0 bridgehead atoms. The van der Waals surface area contributed by atoms with E-state index in [2.05, 4.69) is 24.9 Å². The van der Waals surface area contributed by atoms with Crippen LogP contribution in [0.15, 0.2) is 22.2 Å². The first-order valence-corrected chi connectivity index (χ1v) is 13.8. The van der Waals surface area contributed by atoms with Crippen molar-refractivity contribution in [1.82, 2.24) is 34.1 Å². The Morgan fingerprint density at radius 3 is 2.58 bits per heavy atom. The molecule has 3 aromatic rings. The predicted octanol–water partition coefficient (Wildman–Crippen LogP) is -2.52. The third kappa shape index (κ3) is 5.33. The molecule has 7 atom stereocenters. The van der Waals surface area contributed by atoms with Crippen LogP contribution in [0.5, 0.6) is 0 Å². The van der Waals surface area contributed by atoms with E-state index in [9.17, 15) is 24.7 Å². The van der Waals surface area contributed by atoms with E-state index in [1.54, 1.807) is 0 Å². The standard InChI is InChI=1S/C18H24N9O9PS/c19-16-22-6-27(18(31)25-16)11-1-7(29)10(35-11)4-33-37(32,38)36-8-2-12(34-9(8)3-28)26-5-21-13-14(26)23-17(20)24-15(13)30/h5-12,28-29H,1-4H2,(H,32,38)(H2,19,25,31)(H3,20,23,24,30)/t7-,8?,9-,10-,11-,12-,37?/m1/s1. The van der Waals surface area contributed by atoms with Crippen LogP contribution in [0, 0.1) is 0 Å². The zero-order valence-electron chi connectivity index (χ0n) is 19.4. The summed E-state index contributed by atoms with van der Waals surface area (Å²) in [7, 11) is 0. The SMILES string of the molecule is Nc1ncn([C@H]2C[C@@H](O)[C@@H](COP(O)(=S)OC3C[C@H](n4cnc5c(=O)[nH]c(N)nc54)O[C@@H]3CO)O2)c(=O)n1. The zero-order valence-corrected chi connectivity index (χ0v) is 21.1. The highest BCUT2D eigenvalue weighted by atomic mass is 32.5. The minimum atomic E-state index is -3.92. The van der Waals surface area contributed by atoms with E-state index in [1.807, 2.05) is 0 Å². The Hall–Kier alpha value is -2.87. The lowest BCUT2D eigenvalue weighted by Crippen LogP contribution is -2.30. The van der Waals surface area contributed by atoms with Crippen LogP contribution >= 0.6 is 6.72 Å². The highest BCUT2D eigenvalue weighted by Gasteiger charge is 2.42. The lowest BCUT2D eigenvalue weighted by atomic mass is 10.2. The summed E-state index contributed by atoms with van der Waals surface area (Å²) < 4.78 is 25.1. The van der Waals surface area contributed by atoms with E-state index < -0.39 is 61.4 Å². The quantitative estimate of drug-likeness (QED) is 0.152. The fourth-order valence-electron chi connectivity index (χ4n) is 4.26. The number of imidazole rings is 1. The number of aromatic nitrogens is 7. The molecule has 2 saturated heterocycles. The summed E-state index contributed by atoms with van der Waals surface area (Å²) in [4.78, 5) is 52.5. The molecule has 5 heterocycles. The van der Waals surface area contributed by atoms with Gasteiger partial charge < -0.3 is 45.1 Å². The highest BCUT2D eigenvalue weighted by Crippen LogP contribution is 2.49. The molecule has 2 fully saturated rings. The average Bonchev–Trinajstić information content (AvgIpc) is 3.54. The van der Waals surface area contributed by atoms with Gasteiger partial charge in [-0.05, 0) is 11.8 Å². The predicted molar refractivity (Wildman–Crippen MR) is 131 cm³/mol. The monoisotopic (exact) mass is 573 g/mol. The van der Waals surface area contributed by atoms with E-state index in [1.165, 1.54) is 10.9 Å². The Balaban J connectivity index is 1.23. The van der Waals surface area contributed by atoms with Crippen molar-refractivity contribution >= 4 is 41.6 Å². The first-order chi connectivity index (χ1) is 18.0. The summed E-state index contributed by atoms with van der Waals surface area (Å²) in [5.74, 6) is -0.308. The van der Waals surface area contributed by atoms with Crippen LogP contribution in [0.2, 0.25) is 0 Å². The van der Waals surface area contributed by atoms with Crippen LogP contribution in [0.4, 0.5) is 11.9 Å². The van der Waals surface area contributed by atoms with Crippen molar-refractivity contribution in [3.05, 3.63) is 33.5 Å². The van der Waals surface area contributed by atoms with Gasteiger partial charge in [-0.1, -0.05) is 0 Å². The second-order valence-corrected chi connectivity index (χ2v) is 11.4. The van der Waals surface area contributed by atoms with Crippen molar-refractivity contribution in [3.63, 3.8) is 0 Å². The van der Waals surface area contributed by atoms with Gasteiger partial charge in [-0.3, -0.25) is 18.9 Å². The minimum absolute atomic E-state index is 0.0291. The van der Waals surface area contributed by atoms with Crippen LogP contribution in [0.25, 0.3) is 11.2 Å². The second-order valence-electron chi connectivity index (χ2n) is 8.57. The fourth-order valence-corrected chi connectivity index (χ4v) is 5.73. The number of hydrogen-bond donors (Lipinski definition) is 6. The van der Waals surface area contributed by atoms with Crippen molar-refractivity contribution in [1.29, 1.82) is 0 Å². The summed E-state index contributed by atoms with van der Waals surface area (Å²) in [6, 6.07) is 0. The molecule has 0 amide bonds. The number of fused-ring (bicyclic) bond motifs is 1. The molecule has 5 rings (SSSR count). The number of hydrogen-bond acceptors (Lipinski definition) is 15. The zero-order chi connectivity index (χ0) is 27.2. The summed E-state index contributed by atoms with van der Waals surface area (Å²) in [5, 5.41) is 20.2. The molecule has 20 heteroatoms. The maximum Gasteiger partial charge on any atom is 0.354 e. The number of ether oxygens (including phenoxy) is 2. The molecule has 0 saturated carbocycles. The number of nitrogen functional groups attached to an aromatic ring is 2. The fraction of sp³-hybridized carbons (Fsp3) is 0.556. The Labute approximate surface area is 217 Å². The molecule has 0 radical (unpaired) electrons. The number of aliphatic hydroxyl groups is 2. The Kier molecular flexibility index (Phi) is 7.29. The molecule has 0 aromatic carbocycles. The van der Waals surface area contributed by atoms with Gasteiger partial charge >= 0.3 is 12.4 Å². The van der Waals surface area contributed by atoms with E-state index in [-0.39, 0.29) is 42.5 Å². The molecule has 206 valence electrons. The topological polar surface area (TPSA) is 261 Å². The lowest BCUT2D eigenvalue weighted by molar-refractivity contribution is -0.0522. The molecular weight excluding hydrogens is 549 g/mol. The molecule has 0 aliphatic carbocycles. The van der Waals surface area contributed by atoms with Gasteiger partial charge in [0, 0.05) is 12.8 Å². The molecule has 2 unspecified atom stereocenters. The molecule has 0 spiro atoms. The maximum atomic E-state index is 12.1. The van der Waals surface area contributed by atoms with Gasteiger partial charge in [0.05, 0.1) is 31.7 Å². The third-order valence-corrected chi connectivity index (χ3v) is 7.64. The number of nitrogens with zero attached hydrogens (tertiary/aromatic N) is 6. The van der Waals surface area contributed by atoms with Crippen molar-refractivity contribution in [2.75, 3.05) is 24.7 Å². The lowest BCUT2D eigenvalue weighted by Gasteiger charge is -2.24. The van der Waals surface area contributed by atoms with Crippen molar-refractivity contribution in [2.24, 2.45) is 0 Å². The maximum absolute atomic E-state index is 12.1. The average molecular weight is 573 g/mol. The molecule has 2 aliphatic heterocycles. The molecule has 18 nitrogen and oxygen atoms in total. The molecular formula is C18H24N9O9PS. The number of anilines is 2. The smallest absolute Gasteiger partial charge is 0.354 e. The van der Waals surface area contributed by atoms with Crippen LogP contribution < -0.4 is 22.7 Å². The first-order valence-electron chi connectivity index (χ1n) is 11.2. The first kappa shape index (κ1) is 26.7. The van der Waals surface area contributed by atoms with Gasteiger partial charge in [0.2, 0.25) is 11.9 Å². The van der Waals surface area contributed by atoms with Crippen LogP contribution in [0.3, 0.4) is 0 Å².